The third kappa shape index (κ3) is 6.95. The Kier molecular flexibility index (Phi) is 8.88. The van der Waals surface area contributed by atoms with Crippen LogP contribution in [0.3, 0.4) is 0 Å². The molecule has 2 N–H and O–H groups in total. The first kappa shape index (κ1) is 32.0. The lowest BCUT2D eigenvalue weighted by Crippen LogP contribution is -2.61. The molecule has 0 saturated carbocycles. The van der Waals surface area contributed by atoms with Gasteiger partial charge in [-0.05, 0) is 56.5 Å². The van der Waals surface area contributed by atoms with Gasteiger partial charge in [0.25, 0.3) is 5.91 Å². The number of para-hydroxylation sites is 2. The summed E-state index contributed by atoms with van der Waals surface area (Å²) >= 11 is 0. The van der Waals surface area contributed by atoms with E-state index in [2.05, 4.69) is 10.6 Å². The maximum atomic E-state index is 14.0. The number of aromatic nitrogens is 1. The van der Waals surface area contributed by atoms with E-state index in [0.717, 1.165) is 5.56 Å². The first-order valence-electron chi connectivity index (χ1n) is 14.9. The number of aryl methyl sites for hydroxylation is 1. The molecule has 12 heteroatoms. The summed E-state index contributed by atoms with van der Waals surface area (Å²) in [6, 6.07) is 18.9. The van der Waals surface area contributed by atoms with Gasteiger partial charge in [-0.1, -0.05) is 36.4 Å². The Labute approximate surface area is 264 Å². The van der Waals surface area contributed by atoms with Gasteiger partial charge in [0.1, 0.15) is 36.5 Å². The van der Waals surface area contributed by atoms with E-state index < -0.39 is 38.8 Å². The van der Waals surface area contributed by atoms with Gasteiger partial charge in [0.05, 0.1) is 11.9 Å². The highest BCUT2D eigenvalue weighted by atomic mass is 32.2. The molecule has 1 spiro atoms. The number of fused-ring (bicyclic) bond motifs is 2. The van der Waals surface area contributed by atoms with Crippen LogP contribution in [0.15, 0.2) is 79.1 Å². The van der Waals surface area contributed by atoms with Gasteiger partial charge in [-0.15, -0.1) is 0 Å². The summed E-state index contributed by atoms with van der Waals surface area (Å²) in [5, 5.41) is 5.61. The molecule has 238 valence electrons. The van der Waals surface area contributed by atoms with Gasteiger partial charge in [0.2, 0.25) is 21.8 Å². The SMILES string of the molecule is C[n+]1cccc(C(=O)NC(C)(C)C(=O)N[C@H](COc2ccccc2)C(=O)N2CCC3(CC2)CN(S(C)(=O)=O)c2ccccc23)c1. The van der Waals surface area contributed by atoms with Gasteiger partial charge >= 0.3 is 0 Å². The van der Waals surface area contributed by atoms with Crippen molar-refractivity contribution in [1.82, 2.24) is 15.5 Å². The van der Waals surface area contributed by atoms with Crippen LogP contribution >= 0.6 is 0 Å². The van der Waals surface area contributed by atoms with Gasteiger partial charge in [-0.2, -0.15) is 0 Å². The number of piperidine rings is 1. The zero-order chi connectivity index (χ0) is 32.4. The fraction of sp³-hybridized carbons (Fsp3) is 0.394. The molecule has 0 radical (unpaired) electrons. The van der Waals surface area contributed by atoms with Crippen LogP contribution in [0.4, 0.5) is 5.69 Å². The number of benzene rings is 2. The summed E-state index contributed by atoms with van der Waals surface area (Å²) in [7, 11) is -1.67. The van der Waals surface area contributed by atoms with Gasteiger partial charge in [-0.25, -0.2) is 13.0 Å². The van der Waals surface area contributed by atoms with E-state index in [1.54, 1.807) is 67.0 Å². The van der Waals surface area contributed by atoms with Gasteiger partial charge in [0.15, 0.2) is 12.4 Å². The minimum atomic E-state index is -3.47. The Morgan fingerprint density at radius 1 is 1.00 bits per heavy atom. The number of hydrogen-bond acceptors (Lipinski definition) is 6. The molecule has 2 aliphatic heterocycles. The minimum absolute atomic E-state index is 0.112. The van der Waals surface area contributed by atoms with E-state index in [1.807, 2.05) is 42.5 Å². The molecule has 0 unspecified atom stereocenters. The average molecular weight is 635 g/mol. The molecule has 3 amide bonds. The largest absolute Gasteiger partial charge is 0.491 e. The number of nitrogens with one attached hydrogen (secondary N) is 2. The Balaban J connectivity index is 1.31. The molecule has 2 aromatic carbocycles. The van der Waals surface area contributed by atoms with E-state index in [0.29, 0.717) is 49.5 Å². The van der Waals surface area contributed by atoms with Crippen molar-refractivity contribution in [3.63, 3.8) is 0 Å². The van der Waals surface area contributed by atoms with Crippen molar-refractivity contribution >= 4 is 33.4 Å². The lowest BCUT2D eigenvalue weighted by atomic mass is 9.74. The second-order valence-electron chi connectivity index (χ2n) is 12.4. The third-order valence-corrected chi connectivity index (χ3v) is 9.71. The van der Waals surface area contributed by atoms with Crippen molar-refractivity contribution in [2.24, 2.45) is 7.05 Å². The van der Waals surface area contributed by atoms with Crippen molar-refractivity contribution in [1.29, 1.82) is 0 Å². The Morgan fingerprint density at radius 3 is 2.33 bits per heavy atom. The Morgan fingerprint density at radius 2 is 1.67 bits per heavy atom. The van der Waals surface area contributed by atoms with Crippen LogP contribution in [-0.4, -0.2) is 75.1 Å². The maximum Gasteiger partial charge on any atom is 0.258 e. The number of nitrogens with zero attached hydrogens (tertiary/aromatic N) is 3. The van der Waals surface area contributed by atoms with Crippen molar-refractivity contribution < 1.29 is 32.1 Å². The minimum Gasteiger partial charge on any atom is -0.491 e. The highest BCUT2D eigenvalue weighted by Crippen LogP contribution is 2.47. The fourth-order valence-corrected chi connectivity index (χ4v) is 7.03. The van der Waals surface area contributed by atoms with Gasteiger partial charge in [0, 0.05) is 31.1 Å². The predicted octanol–water partition coefficient (Wildman–Crippen LogP) is 1.92. The molecule has 0 aliphatic carbocycles. The van der Waals surface area contributed by atoms with Crippen LogP contribution in [0.2, 0.25) is 0 Å². The molecule has 1 saturated heterocycles. The lowest BCUT2D eigenvalue weighted by Gasteiger charge is -2.41. The molecular formula is C33H40N5O6S+. The molecule has 1 fully saturated rings. The van der Waals surface area contributed by atoms with Crippen molar-refractivity contribution in [3.8, 4) is 5.75 Å². The van der Waals surface area contributed by atoms with Crippen LogP contribution in [0.5, 0.6) is 5.75 Å². The number of hydrogen-bond donors (Lipinski definition) is 2. The number of sulfonamides is 1. The molecule has 2 aliphatic rings. The fourth-order valence-electron chi connectivity index (χ4n) is 6.03. The second-order valence-corrected chi connectivity index (χ2v) is 14.3. The number of amides is 3. The Hall–Kier alpha value is -4.45. The summed E-state index contributed by atoms with van der Waals surface area (Å²) in [5.41, 5.74) is 0.312. The lowest BCUT2D eigenvalue weighted by molar-refractivity contribution is -0.671. The first-order chi connectivity index (χ1) is 21.3. The molecule has 1 aromatic heterocycles. The van der Waals surface area contributed by atoms with Crippen LogP contribution in [0.25, 0.3) is 0 Å². The van der Waals surface area contributed by atoms with E-state index in [9.17, 15) is 22.8 Å². The molecule has 3 heterocycles. The number of likely N-dealkylation sites (tertiary alicyclic amines) is 1. The van der Waals surface area contributed by atoms with E-state index in [4.69, 9.17) is 4.74 Å². The molecule has 3 aromatic rings. The molecule has 45 heavy (non-hydrogen) atoms. The molecule has 11 nitrogen and oxygen atoms in total. The summed E-state index contributed by atoms with van der Waals surface area (Å²) < 4.78 is 34.3. The summed E-state index contributed by atoms with van der Waals surface area (Å²) in [6.07, 6.45) is 5.80. The molecule has 0 bridgehead atoms. The maximum absolute atomic E-state index is 14.0. The normalized spacial score (nSPS) is 16.5. The summed E-state index contributed by atoms with van der Waals surface area (Å²) in [4.78, 5) is 42.2. The number of rotatable bonds is 9. The highest BCUT2D eigenvalue weighted by Gasteiger charge is 2.48. The number of ether oxygens (including phenoxy) is 1. The van der Waals surface area contributed by atoms with Crippen LogP contribution < -0.4 is 24.2 Å². The third-order valence-electron chi connectivity index (χ3n) is 8.58. The second kappa shape index (κ2) is 12.5. The quantitative estimate of drug-likeness (QED) is 0.346. The smallest absolute Gasteiger partial charge is 0.258 e. The monoisotopic (exact) mass is 634 g/mol. The highest BCUT2D eigenvalue weighted by molar-refractivity contribution is 7.92. The molecular weight excluding hydrogens is 594 g/mol. The van der Waals surface area contributed by atoms with E-state index >= 15 is 0 Å². The van der Waals surface area contributed by atoms with Gasteiger partial charge < -0.3 is 20.3 Å². The van der Waals surface area contributed by atoms with Crippen LogP contribution in [0.1, 0.15) is 42.6 Å². The van der Waals surface area contributed by atoms with Gasteiger partial charge in [-0.3, -0.25) is 18.7 Å². The summed E-state index contributed by atoms with van der Waals surface area (Å²) in [6.45, 7) is 4.15. The first-order valence-corrected chi connectivity index (χ1v) is 16.8. The van der Waals surface area contributed by atoms with Crippen molar-refractivity contribution in [3.05, 3.63) is 90.3 Å². The van der Waals surface area contributed by atoms with Crippen LogP contribution in [0, 0.1) is 0 Å². The number of anilines is 1. The van der Waals surface area contributed by atoms with E-state index in [1.165, 1.54) is 10.6 Å². The predicted molar refractivity (Wildman–Crippen MR) is 169 cm³/mol. The average Bonchev–Trinajstić information content (AvgIpc) is 3.34. The molecule has 5 rings (SSSR count). The summed E-state index contributed by atoms with van der Waals surface area (Å²) in [5.74, 6) is -0.711. The number of pyridine rings is 1. The standard InChI is InChI=1S/C33H39N5O6S/c1-32(2,35-29(39)24-11-10-18-36(3)21-24)31(41)34-27(22-44-25-12-6-5-7-13-25)30(40)37-19-16-33(17-20-37)23-38(45(4,42)43)28-15-9-8-14-26(28)33/h5-15,18,21,27H,16-17,19-20,22-23H2,1-4H3,(H-,34,35,39,41)/p+1/t27-/m1/s1. The molecule has 1 atom stereocenters. The van der Waals surface area contributed by atoms with Crippen LogP contribution in [-0.2, 0) is 32.1 Å². The van der Waals surface area contributed by atoms with Crippen molar-refractivity contribution in [2.45, 2.75) is 43.7 Å². The zero-order valence-corrected chi connectivity index (χ0v) is 26.8. The topological polar surface area (TPSA) is 129 Å². The van der Waals surface area contributed by atoms with Crippen molar-refractivity contribution in [2.75, 3.05) is 36.8 Å². The van der Waals surface area contributed by atoms with E-state index in [-0.39, 0.29) is 12.5 Å². The zero-order valence-electron chi connectivity index (χ0n) is 26.0. The number of carbonyl (C=O) groups excluding carboxylic acids is 3. The number of carbonyl (C=O) groups is 3. The Bertz CT molecular complexity index is 1690.